The maximum atomic E-state index is 12.5. The lowest BCUT2D eigenvalue weighted by Crippen LogP contribution is -1.82. The molecule has 0 fully saturated rings. The highest BCUT2D eigenvalue weighted by Crippen LogP contribution is 2.21. The van der Waals surface area contributed by atoms with Crippen LogP contribution >= 0.6 is 22.6 Å². The van der Waals surface area contributed by atoms with E-state index in [0.717, 1.165) is 9.13 Å². The Morgan fingerprint density at radius 1 is 1.50 bits per heavy atom. The minimum Gasteiger partial charge on any atom is -0.505 e. The zero-order valence-corrected chi connectivity index (χ0v) is 7.52. The second-order valence-corrected chi connectivity index (χ2v) is 3.21. The summed E-state index contributed by atoms with van der Waals surface area (Å²) < 4.78 is 13.4. The molecule has 0 heterocycles. The van der Waals surface area contributed by atoms with E-state index in [1.54, 1.807) is 6.92 Å². The average Bonchev–Trinajstić information content (AvgIpc) is 1.84. The van der Waals surface area contributed by atoms with E-state index in [9.17, 15) is 4.39 Å². The molecule has 0 bridgehead atoms. The molecule has 1 aromatic rings. The van der Waals surface area contributed by atoms with Gasteiger partial charge in [0.1, 0.15) is 0 Å². The zero-order valence-electron chi connectivity index (χ0n) is 5.36. The van der Waals surface area contributed by atoms with Gasteiger partial charge in [0, 0.05) is 3.57 Å². The Kier molecular flexibility index (Phi) is 2.13. The number of phenolic OH excluding ortho intramolecular Hbond substituents is 1. The summed E-state index contributed by atoms with van der Waals surface area (Å²) in [4.78, 5) is 0. The van der Waals surface area contributed by atoms with Gasteiger partial charge in [-0.25, -0.2) is 4.39 Å². The number of halogens is 2. The van der Waals surface area contributed by atoms with Crippen molar-refractivity contribution >= 4 is 22.6 Å². The van der Waals surface area contributed by atoms with Gasteiger partial charge in [-0.2, -0.15) is 0 Å². The van der Waals surface area contributed by atoms with Gasteiger partial charge in [0.25, 0.3) is 0 Å². The molecule has 1 rings (SSSR count). The van der Waals surface area contributed by atoms with Gasteiger partial charge in [-0.1, -0.05) is 0 Å². The van der Waals surface area contributed by atoms with Crippen LogP contribution in [0.4, 0.5) is 4.39 Å². The van der Waals surface area contributed by atoms with Gasteiger partial charge in [-0.15, -0.1) is 0 Å². The molecule has 0 amide bonds. The van der Waals surface area contributed by atoms with Gasteiger partial charge >= 0.3 is 0 Å². The summed E-state index contributed by atoms with van der Waals surface area (Å²) in [5.41, 5.74) is 0.843. The molecule has 1 N–H and O–H groups in total. The lowest BCUT2D eigenvalue weighted by molar-refractivity contribution is 0.431. The van der Waals surface area contributed by atoms with Gasteiger partial charge in [-0.3, -0.25) is 0 Å². The van der Waals surface area contributed by atoms with Crippen molar-refractivity contribution < 1.29 is 9.50 Å². The van der Waals surface area contributed by atoms with Gasteiger partial charge in [0.05, 0.1) is 0 Å². The highest BCUT2D eigenvalue weighted by molar-refractivity contribution is 14.1. The molecule has 0 aliphatic rings. The molecule has 3 heteroatoms. The van der Waals surface area contributed by atoms with Crippen LogP contribution in [0, 0.1) is 16.3 Å². The maximum absolute atomic E-state index is 12.5. The average molecular weight is 252 g/mol. The standard InChI is InChI=1S/C7H6FIO/c1-4-2-5(8)7(10)3-6(4)9/h2-3,10H,1H3. The van der Waals surface area contributed by atoms with Crippen LogP contribution in [0.15, 0.2) is 12.1 Å². The summed E-state index contributed by atoms with van der Waals surface area (Å²) in [6, 6.07) is 2.72. The highest BCUT2D eigenvalue weighted by Gasteiger charge is 2.02. The first-order valence-electron chi connectivity index (χ1n) is 2.76. The summed E-state index contributed by atoms with van der Waals surface area (Å²) in [6.45, 7) is 1.80. The predicted octanol–water partition coefficient (Wildman–Crippen LogP) is 2.44. The molecule has 0 saturated carbocycles. The Bertz CT molecular complexity index is 210. The van der Waals surface area contributed by atoms with Crippen LogP contribution in [0.2, 0.25) is 0 Å². The molecule has 1 aromatic carbocycles. The lowest BCUT2D eigenvalue weighted by atomic mass is 10.2. The lowest BCUT2D eigenvalue weighted by Gasteiger charge is -1.98. The van der Waals surface area contributed by atoms with Gasteiger partial charge in [0.2, 0.25) is 0 Å². The Hall–Kier alpha value is -0.320. The van der Waals surface area contributed by atoms with Crippen molar-refractivity contribution in [1.29, 1.82) is 0 Å². The molecule has 10 heavy (non-hydrogen) atoms. The second-order valence-electron chi connectivity index (χ2n) is 2.05. The number of rotatable bonds is 0. The van der Waals surface area contributed by atoms with Gasteiger partial charge in [0.15, 0.2) is 11.6 Å². The van der Waals surface area contributed by atoms with E-state index in [-0.39, 0.29) is 5.75 Å². The van der Waals surface area contributed by atoms with E-state index >= 15 is 0 Å². The Balaban J connectivity index is 3.28. The molecule has 0 spiro atoms. The van der Waals surface area contributed by atoms with Crippen LogP contribution in [0.1, 0.15) is 5.56 Å². The molecule has 0 atom stereocenters. The van der Waals surface area contributed by atoms with Crippen molar-refractivity contribution in [3.63, 3.8) is 0 Å². The Morgan fingerprint density at radius 2 is 2.10 bits per heavy atom. The molecule has 0 aliphatic carbocycles. The van der Waals surface area contributed by atoms with E-state index in [2.05, 4.69) is 0 Å². The number of aromatic hydroxyl groups is 1. The van der Waals surface area contributed by atoms with Crippen molar-refractivity contribution in [2.45, 2.75) is 6.92 Å². The van der Waals surface area contributed by atoms with E-state index in [0.29, 0.717) is 0 Å². The fraction of sp³-hybridized carbons (Fsp3) is 0.143. The number of phenols is 1. The third-order valence-electron chi connectivity index (χ3n) is 1.23. The molecule has 0 aromatic heterocycles. The predicted molar refractivity (Wildman–Crippen MR) is 45.5 cm³/mol. The third-order valence-corrected chi connectivity index (χ3v) is 2.39. The molecule has 0 saturated heterocycles. The normalized spacial score (nSPS) is 9.90. The van der Waals surface area contributed by atoms with Crippen LogP contribution in [0.5, 0.6) is 5.75 Å². The molecule has 1 nitrogen and oxygen atoms in total. The topological polar surface area (TPSA) is 20.2 Å². The summed E-state index contributed by atoms with van der Waals surface area (Å²) in [5, 5.41) is 8.84. The van der Waals surface area contributed by atoms with Crippen molar-refractivity contribution in [1.82, 2.24) is 0 Å². The van der Waals surface area contributed by atoms with Crippen molar-refractivity contribution in [2.75, 3.05) is 0 Å². The minimum absolute atomic E-state index is 0.282. The van der Waals surface area contributed by atoms with Gasteiger partial charge < -0.3 is 5.11 Å². The monoisotopic (exact) mass is 252 g/mol. The van der Waals surface area contributed by atoms with Crippen LogP contribution in [-0.4, -0.2) is 5.11 Å². The summed E-state index contributed by atoms with van der Waals surface area (Å²) >= 11 is 2.04. The SMILES string of the molecule is Cc1cc(F)c(O)cc1I. The van der Waals surface area contributed by atoms with Crippen molar-refractivity contribution in [3.05, 3.63) is 27.1 Å². The number of benzene rings is 1. The van der Waals surface area contributed by atoms with E-state index in [1.807, 2.05) is 22.6 Å². The molecular weight excluding hydrogens is 246 g/mol. The van der Waals surface area contributed by atoms with Crippen LogP contribution in [-0.2, 0) is 0 Å². The fourth-order valence-electron chi connectivity index (χ4n) is 0.636. The first-order valence-corrected chi connectivity index (χ1v) is 3.84. The third kappa shape index (κ3) is 1.39. The van der Waals surface area contributed by atoms with Gasteiger partial charge in [-0.05, 0) is 47.2 Å². The van der Waals surface area contributed by atoms with Crippen LogP contribution in [0.3, 0.4) is 0 Å². The molecular formula is C7H6FIO. The Morgan fingerprint density at radius 3 is 2.60 bits per heavy atom. The van der Waals surface area contributed by atoms with Crippen molar-refractivity contribution in [3.8, 4) is 5.75 Å². The largest absolute Gasteiger partial charge is 0.505 e. The van der Waals surface area contributed by atoms with E-state index in [1.165, 1.54) is 12.1 Å². The quantitative estimate of drug-likeness (QED) is 0.703. The molecule has 0 unspecified atom stereocenters. The highest BCUT2D eigenvalue weighted by atomic mass is 127. The molecule has 54 valence electrons. The summed E-state index contributed by atoms with van der Waals surface area (Å²) in [5.74, 6) is -0.840. The maximum Gasteiger partial charge on any atom is 0.165 e. The second kappa shape index (κ2) is 2.74. The number of hydrogen-bond donors (Lipinski definition) is 1. The van der Waals surface area contributed by atoms with Crippen LogP contribution in [0.25, 0.3) is 0 Å². The first-order chi connectivity index (χ1) is 4.61. The van der Waals surface area contributed by atoms with Crippen LogP contribution < -0.4 is 0 Å². The molecule has 0 aliphatic heterocycles. The first kappa shape index (κ1) is 7.78. The summed E-state index contributed by atoms with van der Waals surface area (Å²) in [7, 11) is 0. The zero-order chi connectivity index (χ0) is 7.72. The minimum atomic E-state index is -0.557. The fourth-order valence-corrected chi connectivity index (χ4v) is 1.09. The Labute approximate surface area is 72.0 Å². The van der Waals surface area contributed by atoms with E-state index < -0.39 is 5.82 Å². The van der Waals surface area contributed by atoms with Crippen molar-refractivity contribution in [2.24, 2.45) is 0 Å². The van der Waals surface area contributed by atoms with E-state index in [4.69, 9.17) is 5.11 Å². The number of hydrogen-bond acceptors (Lipinski definition) is 1. The smallest absolute Gasteiger partial charge is 0.165 e. The number of aryl methyl sites for hydroxylation is 1. The summed E-state index contributed by atoms with van der Waals surface area (Å²) in [6.07, 6.45) is 0. The molecule has 0 radical (unpaired) electrons.